The summed E-state index contributed by atoms with van der Waals surface area (Å²) < 4.78 is 5.35. The normalized spacial score (nSPS) is 23.8. The lowest BCUT2D eigenvalue weighted by molar-refractivity contribution is -0.128. The van der Waals surface area contributed by atoms with Gasteiger partial charge in [-0.05, 0) is 23.3 Å². The van der Waals surface area contributed by atoms with Crippen molar-refractivity contribution in [2.24, 2.45) is 0 Å². The van der Waals surface area contributed by atoms with Crippen LogP contribution in [0.15, 0.2) is 65.9 Å². The Balaban J connectivity index is 1.47. The third-order valence-electron chi connectivity index (χ3n) is 6.45. The van der Waals surface area contributed by atoms with Gasteiger partial charge in [-0.15, -0.1) is 0 Å². The summed E-state index contributed by atoms with van der Waals surface area (Å²) in [5, 5.41) is 3.39. The Morgan fingerprint density at radius 1 is 0.968 bits per heavy atom. The first-order valence-electron chi connectivity index (χ1n) is 10.9. The predicted molar refractivity (Wildman–Crippen MR) is 119 cm³/mol. The van der Waals surface area contributed by atoms with Crippen LogP contribution >= 0.6 is 0 Å². The molecule has 0 saturated carbocycles. The van der Waals surface area contributed by atoms with E-state index < -0.39 is 0 Å². The minimum absolute atomic E-state index is 0.0450. The monoisotopic (exact) mass is 419 g/mol. The topological polar surface area (TPSA) is 68.9 Å². The van der Waals surface area contributed by atoms with Gasteiger partial charge in [0, 0.05) is 44.8 Å². The van der Waals surface area contributed by atoms with Crippen LogP contribution in [0.4, 0.5) is 0 Å². The van der Waals surface area contributed by atoms with Gasteiger partial charge in [0.05, 0.1) is 19.2 Å². The number of benzene rings is 2. The highest BCUT2D eigenvalue weighted by atomic mass is 16.5. The molecule has 0 radical (unpaired) electrons. The number of hydrogen-bond acceptors (Lipinski definition) is 6. The Kier molecular flexibility index (Phi) is 5.63. The number of hydrazine groups is 1. The largest absolute Gasteiger partial charge is 0.497 e. The second-order valence-electron chi connectivity index (χ2n) is 8.21. The maximum atomic E-state index is 13.5. The fourth-order valence-electron chi connectivity index (χ4n) is 4.81. The van der Waals surface area contributed by atoms with E-state index in [9.17, 15) is 4.79 Å². The maximum Gasteiger partial charge on any atom is 0.272 e. The van der Waals surface area contributed by atoms with Crippen molar-refractivity contribution in [2.45, 2.75) is 12.1 Å². The smallest absolute Gasteiger partial charge is 0.272 e. The Bertz CT molecular complexity index is 954. The number of piperazine rings is 1. The Hall–Kier alpha value is -2.87. The van der Waals surface area contributed by atoms with Gasteiger partial charge in [-0.1, -0.05) is 42.5 Å². The second kappa shape index (κ2) is 8.70. The van der Waals surface area contributed by atoms with Gasteiger partial charge in [0.2, 0.25) is 0 Å². The molecule has 0 aliphatic carbocycles. The number of hydrogen-bond donors (Lipinski definition) is 3. The first kappa shape index (κ1) is 20.1. The fraction of sp³-hybridized carbons (Fsp3) is 0.375. The SMILES string of the molecule is COc1ccc(C2C3=C(NNC3c3ccccc3)C(=O)N2CCN2CCNCC2)cc1. The van der Waals surface area contributed by atoms with E-state index in [2.05, 4.69) is 45.3 Å². The summed E-state index contributed by atoms with van der Waals surface area (Å²) in [6.07, 6.45) is 0. The van der Waals surface area contributed by atoms with Gasteiger partial charge in [0.15, 0.2) is 0 Å². The van der Waals surface area contributed by atoms with E-state index in [1.165, 1.54) is 0 Å². The summed E-state index contributed by atoms with van der Waals surface area (Å²) in [5.41, 5.74) is 10.6. The lowest BCUT2D eigenvalue weighted by Gasteiger charge is -2.34. The molecule has 0 aromatic heterocycles. The second-order valence-corrected chi connectivity index (χ2v) is 8.21. The standard InChI is InChI=1S/C24H29N5O2/c1-31-19-9-7-18(8-10-19)23-20-21(17-5-3-2-4-6-17)26-27-22(20)24(30)29(23)16-15-28-13-11-25-12-14-28/h2-10,21,23,25-27H,11-16H2,1H3. The average molecular weight is 420 g/mol. The third kappa shape index (κ3) is 3.80. The molecular weight excluding hydrogens is 390 g/mol. The summed E-state index contributed by atoms with van der Waals surface area (Å²) in [5.74, 6) is 0.883. The molecule has 2 atom stereocenters. The molecule has 31 heavy (non-hydrogen) atoms. The van der Waals surface area contributed by atoms with E-state index >= 15 is 0 Å². The van der Waals surface area contributed by atoms with E-state index in [1.807, 2.05) is 35.2 Å². The van der Waals surface area contributed by atoms with E-state index in [0.29, 0.717) is 12.2 Å². The Labute approximate surface area is 183 Å². The molecule has 2 aromatic rings. The fourth-order valence-corrected chi connectivity index (χ4v) is 4.81. The van der Waals surface area contributed by atoms with E-state index in [4.69, 9.17) is 4.74 Å². The van der Waals surface area contributed by atoms with Crippen molar-refractivity contribution in [1.82, 2.24) is 26.0 Å². The number of carbonyl (C=O) groups excluding carboxylic acids is 1. The number of methoxy groups -OCH3 is 1. The van der Waals surface area contributed by atoms with Gasteiger partial charge >= 0.3 is 0 Å². The molecule has 3 aliphatic rings. The number of rotatable bonds is 6. The number of ether oxygens (including phenoxy) is 1. The summed E-state index contributed by atoms with van der Waals surface area (Å²) in [6.45, 7) is 5.64. The number of carbonyl (C=O) groups is 1. The summed E-state index contributed by atoms with van der Waals surface area (Å²) in [6, 6.07) is 18.2. The molecular formula is C24H29N5O2. The highest BCUT2D eigenvalue weighted by molar-refractivity contribution is 5.98. The predicted octanol–water partition coefficient (Wildman–Crippen LogP) is 1.59. The van der Waals surface area contributed by atoms with Crippen molar-refractivity contribution in [2.75, 3.05) is 46.4 Å². The van der Waals surface area contributed by atoms with Gasteiger partial charge < -0.3 is 20.4 Å². The molecule has 1 saturated heterocycles. The van der Waals surface area contributed by atoms with E-state index in [1.54, 1.807) is 7.11 Å². The summed E-state index contributed by atoms with van der Waals surface area (Å²) in [7, 11) is 1.67. The first-order chi connectivity index (χ1) is 15.3. The molecule has 3 aliphatic heterocycles. The average Bonchev–Trinajstić information content (AvgIpc) is 3.38. The molecule has 0 bridgehead atoms. The van der Waals surface area contributed by atoms with Crippen molar-refractivity contribution in [3.63, 3.8) is 0 Å². The van der Waals surface area contributed by atoms with Gasteiger partial charge in [-0.25, -0.2) is 5.43 Å². The van der Waals surface area contributed by atoms with Crippen LogP contribution in [-0.2, 0) is 4.79 Å². The Morgan fingerprint density at radius 2 is 1.71 bits per heavy atom. The van der Waals surface area contributed by atoms with Crippen LogP contribution in [-0.4, -0.2) is 62.1 Å². The first-order valence-corrected chi connectivity index (χ1v) is 10.9. The van der Waals surface area contributed by atoms with Crippen molar-refractivity contribution in [1.29, 1.82) is 0 Å². The summed E-state index contributed by atoms with van der Waals surface area (Å²) in [4.78, 5) is 17.9. The van der Waals surface area contributed by atoms with Crippen molar-refractivity contribution in [3.05, 3.63) is 77.0 Å². The molecule has 1 fully saturated rings. The van der Waals surface area contributed by atoms with Crippen LogP contribution in [0.2, 0.25) is 0 Å². The molecule has 162 valence electrons. The quantitative estimate of drug-likeness (QED) is 0.661. The van der Waals surface area contributed by atoms with Crippen LogP contribution in [0, 0.1) is 0 Å². The van der Waals surface area contributed by atoms with Gasteiger partial charge in [-0.2, -0.15) is 0 Å². The Morgan fingerprint density at radius 3 is 2.42 bits per heavy atom. The maximum absolute atomic E-state index is 13.5. The lowest BCUT2D eigenvalue weighted by atomic mass is 9.90. The molecule has 3 heterocycles. The minimum atomic E-state index is -0.107. The number of amides is 1. The minimum Gasteiger partial charge on any atom is -0.497 e. The van der Waals surface area contributed by atoms with Crippen LogP contribution in [0.1, 0.15) is 23.2 Å². The van der Waals surface area contributed by atoms with Gasteiger partial charge in [-0.3, -0.25) is 9.69 Å². The van der Waals surface area contributed by atoms with Crippen LogP contribution in [0.25, 0.3) is 0 Å². The number of nitrogens with zero attached hydrogens (tertiary/aromatic N) is 2. The van der Waals surface area contributed by atoms with Crippen molar-refractivity contribution >= 4 is 5.91 Å². The number of nitrogens with one attached hydrogen (secondary N) is 3. The molecule has 5 rings (SSSR count). The van der Waals surface area contributed by atoms with Gasteiger partial charge in [0.25, 0.3) is 5.91 Å². The van der Waals surface area contributed by atoms with Crippen molar-refractivity contribution in [3.8, 4) is 5.75 Å². The highest BCUT2D eigenvalue weighted by Crippen LogP contribution is 2.45. The zero-order valence-electron chi connectivity index (χ0n) is 17.8. The molecule has 7 heteroatoms. The highest BCUT2D eigenvalue weighted by Gasteiger charge is 2.46. The molecule has 2 aromatic carbocycles. The molecule has 7 nitrogen and oxygen atoms in total. The van der Waals surface area contributed by atoms with Crippen molar-refractivity contribution < 1.29 is 9.53 Å². The zero-order valence-corrected chi connectivity index (χ0v) is 17.8. The summed E-state index contributed by atoms with van der Waals surface area (Å²) >= 11 is 0. The van der Waals surface area contributed by atoms with Crippen LogP contribution in [0.5, 0.6) is 5.75 Å². The van der Waals surface area contributed by atoms with E-state index in [0.717, 1.165) is 55.2 Å². The lowest BCUT2D eigenvalue weighted by Crippen LogP contribution is -2.47. The van der Waals surface area contributed by atoms with E-state index in [-0.39, 0.29) is 18.0 Å². The van der Waals surface area contributed by atoms with Crippen LogP contribution in [0.3, 0.4) is 0 Å². The molecule has 3 N–H and O–H groups in total. The molecule has 1 amide bonds. The van der Waals surface area contributed by atoms with Gasteiger partial charge in [0.1, 0.15) is 11.4 Å². The molecule has 0 spiro atoms. The third-order valence-corrected chi connectivity index (χ3v) is 6.45. The molecule has 2 unspecified atom stereocenters. The van der Waals surface area contributed by atoms with Crippen LogP contribution < -0.4 is 20.9 Å². The zero-order chi connectivity index (χ0) is 21.2.